The molecule has 1 saturated heterocycles. The summed E-state index contributed by atoms with van der Waals surface area (Å²) in [6, 6.07) is 7.17. The Kier molecular flexibility index (Phi) is 7.31. The Morgan fingerprint density at radius 1 is 1.19 bits per heavy atom. The van der Waals surface area contributed by atoms with Gasteiger partial charge in [-0.15, -0.1) is 0 Å². The second-order valence-electron chi connectivity index (χ2n) is 7.50. The van der Waals surface area contributed by atoms with E-state index < -0.39 is 0 Å². The topological polar surface area (TPSA) is 94.4 Å². The first-order valence-electron chi connectivity index (χ1n) is 10.7. The largest absolute Gasteiger partial charge is 0.497 e. The van der Waals surface area contributed by atoms with E-state index in [-0.39, 0.29) is 12.5 Å². The number of piperidine rings is 1. The third-order valence-electron chi connectivity index (χ3n) is 5.35. The van der Waals surface area contributed by atoms with Gasteiger partial charge in [0, 0.05) is 25.7 Å². The Morgan fingerprint density at radius 3 is 2.78 bits per heavy atom. The van der Waals surface area contributed by atoms with Crippen LogP contribution in [0.3, 0.4) is 0 Å². The number of hydrogen-bond donors (Lipinski definition) is 1. The van der Waals surface area contributed by atoms with Gasteiger partial charge in [-0.2, -0.15) is 5.10 Å². The fraction of sp³-hybridized carbons (Fsp3) is 0.455. The zero-order chi connectivity index (χ0) is 22.3. The van der Waals surface area contributed by atoms with E-state index in [2.05, 4.69) is 20.3 Å². The smallest absolute Gasteiger partial charge is 0.258 e. The van der Waals surface area contributed by atoms with Crippen molar-refractivity contribution in [1.82, 2.24) is 25.1 Å². The minimum atomic E-state index is -0.197. The summed E-state index contributed by atoms with van der Waals surface area (Å²) in [7, 11) is 1.59. The lowest BCUT2D eigenvalue weighted by atomic mass is 10.1. The molecule has 0 radical (unpaired) electrons. The molecule has 1 amide bonds. The molecule has 1 aliphatic rings. The number of carbonyl (C=O) groups excluding carboxylic acids is 1. The van der Waals surface area contributed by atoms with Gasteiger partial charge < -0.3 is 19.7 Å². The highest BCUT2D eigenvalue weighted by molar-refractivity contribution is 7.98. The van der Waals surface area contributed by atoms with Crippen LogP contribution in [0.25, 0.3) is 11.0 Å². The minimum absolute atomic E-state index is 0.0646. The average molecular weight is 457 g/mol. The lowest BCUT2D eigenvalue weighted by Gasteiger charge is -2.28. The fourth-order valence-corrected chi connectivity index (χ4v) is 4.07. The molecule has 170 valence electrons. The number of nitrogens with one attached hydrogen (secondary N) is 1. The standard InChI is InChI=1S/C22H28N6O3S/c1-30-16-7-6-8-17(13-16)31-15-19(29)23-9-12-28-21-18(14-24-28)20(25-22(26-21)32-2)27-10-4-3-5-11-27/h6-8,13-14H,3-5,9-12,15H2,1-2H3,(H,23,29). The van der Waals surface area contributed by atoms with E-state index in [0.717, 1.165) is 35.1 Å². The predicted molar refractivity (Wildman–Crippen MR) is 125 cm³/mol. The van der Waals surface area contributed by atoms with Gasteiger partial charge in [-0.3, -0.25) is 4.79 Å². The van der Waals surface area contributed by atoms with E-state index in [4.69, 9.17) is 14.5 Å². The van der Waals surface area contributed by atoms with Crippen molar-refractivity contribution in [2.24, 2.45) is 0 Å². The zero-order valence-corrected chi connectivity index (χ0v) is 19.2. The second kappa shape index (κ2) is 10.5. The van der Waals surface area contributed by atoms with E-state index in [1.165, 1.54) is 31.0 Å². The van der Waals surface area contributed by atoms with Crippen molar-refractivity contribution in [1.29, 1.82) is 0 Å². The van der Waals surface area contributed by atoms with Crippen molar-refractivity contribution in [3.63, 3.8) is 0 Å². The van der Waals surface area contributed by atoms with Gasteiger partial charge in [0.2, 0.25) is 0 Å². The van der Waals surface area contributed by atoms with E-state index in [9.17, 15) is 4.79 Å². The van der Waals surface area contributed by atoms with Crippen LogP contribution in [-0.2, 0) is 11.3 Å². The number of ether oxygens (including phenoxy) is 2. The number of thioether (sulfide) groups is 1. The second-order valence-corrected chi connectivity index (χ2v) is 8.28. The molecule has 2 aromatic heterocycles. The molecule has 1 fully saturated rings. The van der Waals surface area contributed by atoms with Crippen molar-refractivity contribution < 1.29 is 14.3 Å². The minimum Gasteiger partial charge on any atom is -0.497 e. The van der Waals surface area contributed by atoms with Crippen LogP contribution in [0.4, 0.5) is 5.82 Å². The molecule has 4 rings (SSSR count). The summed E-state index contributed by atoms with van der Waals surface area (Å²) in [6.45, 7) is 2.89. The molecule has 3 heterocycles. The van der Waals surface area contributed by atoms with E-state index in [0.29, 0.717) is 24.6 Å². The van der Waals surface area contributed by atoms with Crippen molar-refractivity contribution in [3.05, 3.63) is 30.5 Å². The number of methoxy groups -OCH3 is 1. The number of rotatable bonds is 9. The quantitative estimate of drug-likeness (QED) is 0.388. The number of nitrogens with zero attached hydrogens (tertiary/aromatic N) is 5. The molecule has 0 atom stereocenters. The SMILES string of the molecule is COc1cccc(OCC(=O)NCCn2ncc3c(N4CCCCC4)nc(SC)nc32)c1. The van der Waals surface area contributed by atoms with Crippen molar-refractivity contribution >= 4 is 34.5 Å². The molecular weight excluding hydrogens is 428 g/mol. The number of aromatic nitrogens is 4. The molecule has 10 heteroatoms. The van der Waals surface area contributed by atoms with E-state index >= 15 is 0 Å². The fourth-order valence-electron chi connectivity index (χ4n) is 3.71. The molecular formula is C22H28N6O3S. The Labute approximate surface area is 191 Å². The highest BCUT2D eigenvalue weighted by atomic mass is 32.2. The maximum Gasteiger partial charge on any atom is 0.258 e. The molecule has 0 bridgehead atoms. The summed E-state index contributed by atoms with van der Waals surface area (Å²) < 4.78 is 12.5. The van der Waals surface area contributed by atoms with Gasteiger partial charge in [0.1, 0.15) is 17.3 Å². The Balaban J connectivity index is 1.37. The van der Waals surface area contributed by atoms with Crippen molar-refractivity contribution in [2.75, 3.05) is 44.5 Å². The highest BCUT2D eigenvalue weighted by Crippen LogP contribution is 2.28. The Hall–Kier alpha value is -3.01. The van der Waals surface area contributed by atoms with Gasteiger partial charge in [0.25, 0.3) is 5.91 Å². The van der Waals surface area contributed by atoms with Gasteiger partial charge in [0.15, 0.2) is 17.4 Å². The predicted octanol–water partition coefficient (Wildman–Crippen LogP) is 2.74. The van der Waals surface area contributed by atoms with Crippen LogP contribution in [0.2, 0.25) is 0 Å². The number of anilines is 1. The molecule has 3 aromatic rings. The number of benzene rings is 1. The third kappa shape index (κ3) is 5.24. The number of hydrogen-bond acceptors (Lipinski definition) is 8. The molecule has 0 spiro atoms. The number of amides is 1. The summed E-state index contributed by atoms with van der Waals surface area (Å²) in [4.78, 5) is 24.0. The molecule has 32 heavy (non-hydrogen) atoms. The number of carbonyl (C=O) groups is 1. The lowest BCUT2D eigenvalue weighted by Crippen LogP contribution is -2.32. The average Bonchev–Trinajstić information content (AvgIpc) is 3.25. The van der Waals surface area contributed by atoms with E-state index in [1.54, 1.807) is 19.2 Å². The normalized spacial score (nSPS) is 13.9. The molecule has 1 N–H and O–H groups in total. The van der Waals surface area contributed by atoms with Gasteiger partial charge in [-0.05, 0) is 37.7 Å². The van der Waals surface area contributed by atoms with Crippen LogP contribution < -0.4 is 19.7 Å². The molecule has 0 unspecified atom stereocenters. The maximum absolute atomic E-state index is 12.2. The monoisotopic (exact) mass is 456 g/mol. The van der Waals surface area contributed by atoms with Gasteiger partial charge in [-0.1, -0.05) is 17.8 Å². The summed E-state index contributed by atoms with van der Waals surface area (Å²) in [5.74, 6) is 2.03. The molecule has 1 aliphatic heterocycles. The van der Waals surface area contributed by atoms with Gasteiger partial charge in [-0.25, -0.2) is 14.6 Å². The molecule has 1 aromatic carbocycles. The Morgan fingerprint density at radius 2 is 2.00 bits per heavy atom. The van der Waals surface area contributed by atoms with Gasteiger partial charge >= 0.3 is 0 Å². The van der Waals surface area contributed by atoms with Crippen LogP contribution >= 0.6 is 11.8 Å². The maximum atomic E-state index is 12.2. The molecule has 0 aliphatic carbocycles. The highest BCUT2D eigenvalue weighted by Gasteiger charge is 2.19. The van der Waals surface area contributed by atoms with Crippen LogP contribution in [0.1, 0.15) is 19.3 Å². The summed E-state index contributed by atoms with van der Waals surface area (Å²) in [5.41, 5.74) is 0.798. The molecule has 9 nitrogen and oxygen atoms in total. The summed E-state index contributed by atoms with van der Waals surface area (Å²) >= 11 is 1.52. The van der Waals surface area contributed by atoms with Gasteiger partial charge in [0.05, 0.1) is 25.2 Å². The first kappa shape index (κ1) is 22.2. The van der Waals surface area contributed by atoms with Crippen LogP contribution in [0, 0.1) is 0 Å². The zero-order valence-electron chi connectivity index (χ0n) is 18.4. The van der Waals surface area contributed by atoms with Crippen LogP contribution in [0.15, 0.2) is 35.6 Å². The third-order valence-corrected chi connectivity index (χ3v) is 5.90. The van der Waals surface area contributed by atoms with Crippen molar-refractivity contribution in [3.8, 4) is 11.5 Å². The van der Waals surface area contributed by atoms with Crippen molar-refractivity contribution in [2.45, 2.75) is 31.0 Å². The van der Waals surface area contributed by atoms with Crippen LogP contribution in [0.5, 0.6) is 11.5 Å². The Bertz CT molecular complexity index is 1070. The lowest BCUT2D eigenvalue weighted by molar-refractivity contribution is -0.123. The number of fused-ring (bicyclic) bond motifs is 1. The first-order chi connectivity index (χ1) is 15.7. The summed E-state index contributed by atoms with van der Waals surface area (Å²) in [6.07, 6.45) is 7.43. The first-order valence-corrected chi connectivity index (χ1v) is 12.0. The van der Waals surface area contributed by atoms with E-state index in [1.807, 2.05) is 29.3 Å². The van der Waals surface area contributed by atoms with Crippen LogP contribution in [-0.4, -0.2) is 65.3 Å². The molecule has 0 saturated carbocycles. The summed E-state index contributed by atoms with van der Waals surface area (Å²) in [5, 5.41) is 9.08.